The number of anilines is 1. The summed E-state index contributed by atoms with van der Waals surface area (Å²) in [7, 11) is 4.74. The number of imide groups is 1. The second-order valence-corrected chi connectivity index (χ2v) is 22.1. The summed E-state index contributed by atoms with van der Waals surface area (Å²) in [4.78, 5) is 126. The van der Waals surface area contributed by atoms with Crippen molar-refractivity contribution in [2.75, 3.05) is 39.7 Å². The number of methoxy groups -OCH3 is 2. The van der Waals surface area contributed by atoms with Crippen molar-refractivity contribution in [3.8, 4) is 0 Å². The maximum Gasteiger partial charge on any atom is 0.253 e. The number of benzene rings is 2. The monoisotopic (exact) mass is 1080 g/mol. The number of rotatable bonds is 28. The van der Waals surface area contributed by atoms with Gasteiger partial charge in [-0.05, 0) is 86.0 Å². The Labute approximate surface area is 460 Å². The standard InChI is InChI=1S/C59H84N8O11/c1-10-37(4)53(64(7)59(76)52(36(2)3)63-58(75)54-42-24-27-44(33-42)67(54)39(6)68)47(77-8)34-51(72)65-31-17-20-46(65)55(78-9)38(5)56(73)62-45(32-40-18-13-11-14-19-40)57(74)61-43-25-22-41(23-26-43)35-60-48(69)21-15-12-16-30-66-49(70)28-29-50(66)71/h11,13-14,18-19,22-23,25-26,28-29,36-38,42,44-47,52-55H,10,12,15-17,20-21,24,27,30-35H2,1-9H3,(H,60,69)(H,61,74)(H,62,73)(H,63,75)/t37-,38+,42-,44+,45?,46?,47+,52?,53-,54-,55+/m0/s1. The highest BCUT2D eigenvalue weighted by molar-refractivity contribution is 6.12. The van der Waals surface area contributed by atoms with Crippen molar-refractivity contribution < 1.29 is 52.6 Å². The number of fused-ring (bicyclic) bond motifs is 2. The van der Waals surface area contributed by atoms with Crippen LogP contribution in [0.2, 0.25) is 0 Å². The van der Waals surface area contributed by atoms with Gasteiger partial charge in [0.05, 0.1) is 36.6 Å². The molecular formula is C59H84N8O11. The minimum Gasteiger partial charge on any atom is -0.379 e. The van der Waals surface area contributed by atoms with Gasteiger partial charge in [-0.1, -0.05) is 89.9 Å². The molecule has 9 amide bonds. The van der Waals surface area contributed by atoms with Gasteiger partial charge in [-0.25, -0.2) is 0 Å². The minimum atomic E-state index is -0.982. The largest absolute Gasteiger partial charge is 0.379 e. The number of nitrogens with zero attached hydrogens (tertiary/aromatic N) is 4. The highest BCUT2D eigenvalue weighted by Gasteiger charge is 2.51. The number of likely N-dealkylation sites (N-methyl/N-ethyl adjacent to an activating group) is 1. The van der Waals surface area contributed by atoms with Gasteiger partial charge in [0.15, 0.2) is 0 Å². The molecule has 19 heteroatoms. The molecule has 3 heterocycles. The summed E-state index contributed by atoms with van der Waals surface area (Å²) in [6, 6.07) is 13.0. The van der Waals surface area contributed by atoms with Crippen LogP contribution < -0.4 is 21.3 Å². The van der Waals surface area contributed by atoms with E-state index >= 15 is 0 Å². The third kappa shape index (κ3) is 15.2. The smallest absolute Gasteiger partial charge is 0.253 e. The summed E-state index contributed by atoms with van der Waals surface area (Å²) in [5.41, 5.74) is 2.14. The summed E-state index contributed by atoms with van der Waals surface area (Å²) in [5.74, 6) is -3.71. The average molecular weight is 1080 g/mol. The Kier molecular flexibility index (Phi) is 22.1. The van der Waals surface area contributed by atoms with Gasteiger partial charge in [0.25, 0.3) is 11.8 Å². The van der Waals surface area contributed by atoms with E-state index in [0.717, 1.165) is 30.4 Å². The Bertz CT molecular complexity index is 2450. The fourth-order valence-electron chi connectivity index (χ4n) is 12.0. The summed E-state index contributed by atoms with van der Waals surface area (Å²) in [5, 5.41) is 11.9. The third-order valence-corrected chi connectivity index (χ3v) is 16.5. The zero-order valence-corrected chi connectivity index (χ0v) is 47.2. The van der Waals surface area contributed by atoms with E-state index < -0.39 is 60.1 Å². The molecule has 1 aliphatic carbocycles. The number of carbonyl (C=O) groups excluding carboxylic acids is 9. The fourth-order valence-corrected chi connectivity index (χ4v) is 12.0. The molecule has 1 saturated carbocycles. The van der Waals surface area contributed by atoms with Gasteiger partial charge < -0.3 is 45.4 Å². The molecule has 0 radical (unpaired) electrons. The molecule has 2 aromatic rings. The van der Waals surface area contributed by atoms with Gasteiger partial charge >= 0.3 is 0 Å². The van der Waals surface area contributed by atoms with E-state index in [1.54, 1.807) is 52.9 Å². The van der Waals surface area contributed by atoms with Crippen LogP contribution >= 0.6 is 0 Å². The highest BCUT2D eigenvalue weighted by Crippen LogP contribution is 2.42. The maximum absolute atomic E-state index is 14.6. The van der Waals surface area contributed by atoms with Gasteiger partial charge in [-0.15, -0.1) is 0 Å². The molecule has 6 rings (SSSR count). The molecule has 0 spiro atoms. The summed E-state index contributed by atoms with van der Waals surface area (Å²) >= 11 is 0. The molecule has 4 aliphatic rings. The Morgan fingerprint density at radius 1 is 0.808 bits per heavy atom. The lowest BCUT2D eigenvalue weighted by Gasteiger charge is -2.41. The van der Waals surface area contributed by atoms with Gasteiger partial charge in [-0.2, -0.15) is 0 Å². The number of piperidine rings is 1. The van der Waals surface area contributed by atoms with Crippen molar-refractivity contribution in [2.45, 2.75) is 174 Å². The molecule has 426 valence electrons. The maximum atomic E-state index is 14.6. The Morgan fingerprint density at radius 3 is 2.13 bits per heavy atom. The summed E-state index contributed by atoms with van der Waals surface area (Å²) < 4.78 is 12.2. The first-order valence-electron chi connectivity index (χ1n) is 28.0. The lowest BCUT2D eigenvalue weighted by Crippen LogP contribution is -2.60. The van der Waals surface area contributed by atoms with E-state index in [2.05, 4.69) is 21.3 Å². The number of nitrogens with one attached hydrogen (secondary N) is 4. The lowest BCUT2D eigenvalue weighted by atomic mass is 9.89. The van der Waals surface area contributed by atoms with E-state index in [-0.39, 0.29) is 84.5 Å². The molecule has 2 saturated heterocycles. The van der Waals surface area contributed by atoms with Crippen molar-refractivity contribution in [1.82, 2.24) is 35.6 Å². The Hall–Kier alpha value is -6.47. The highest BCUT2D eigenvalue weighted by atomic mass is 16.5. The zero-order chi connectivity index (χ0) is 56.8. The van der Waals surface area contributed by atoms with Crippen molar-refractivity contribution in [3.05, 3.63) is 77.9 Å². The van der Waals surface area contributed by atoms with Crippen LogP contribution in [0.4, 0.5) is 5.69 Å². The Balaban J connectivity index is 1.05. The fraction of sp³-hybridized carbons (Fsp3) is 0.610. The van der Waals surface area contributed by atoms with Crippen molar-refractivity contribution in [3.63, 3.8) is 0 Å². The molecule has 2 aromatic carbocycles. The Morgan fingerprint density at radius 2 is 1.50 bits per heavy atom. The first kappa shape index (κ1) is 60.8. The van der Waals surface area contributed by atoms with Gasteiger partial charge in [0.2, 0.25) is 41.4 Å². The van der Waals surface area contributed by atoms with Crippen LogP contribution in [0.25, 0.3) is 0 Å². The second kappa shape index (κ2) is 28.4. The van der Waals surface area contributed by atoms with Crippen LogP contribution in [0.1, 0.15) is 123 Å². The summed E-state index contributed by atoms with van der Waals surface area (Å²) in [6.07, 6.45) is 7.86. The van der Waals surface area contributed by atoms with E-state index in [1.807, 2.05) is 58.0 Å². The first-order chi connectivity index (χ1) is 37.3. The number of ether oxygens (including phenoxy) is 2. The normalized spacial score (nSPS) is 21.4. The van der Waals surface area contributed by atoms with Crippen LogP contribution in [-0.2, 0) is 65.6 Å². The first-order valence-corrected chi connectivity index (χ1v) is 28.0. The minimum absolute atomic E-state index is 0.0393. The van der Waals surface area contributed by atoms with Gasteiger partial charge in [0.1, 0.15) is 18.1 Å². The molecule has 3 unspecified atom stereocenters. The van der Waals surface area contributed by atoms with Crippen molar-refractivity contribution in [2.24, 2.45) is 23.7 Å². The van der Waals surface area contributed by atoms with E-state index in [9.17, 15) is 43.2 Å². The van der Waals surface area contributed by atoms with Gasteiger partial charge in [-0.3, -0.25) is 48.1 Å². The molecule has 0 aromatic heterocycles. The molecule has 2 bridgehead atoms. The number of hydrogen-bond acceptors (Lipinski definition) is 11. The molecule has 3 fully saturated rings. The van der Waals surface area contributed by atoms with Crippen molar-refractivity contribution >= 4 is 58.9 Å². The molecular weight excluding hydrogens is 997 g/mol. The molecule has 11 atom stereocenters. The quantitative estimate of drug-likeness (QED) is 0.0660. The SMILES string of the molecule is CC[C@H](C)[C@@H]([C@@H](CC(=O)N1CCCC1[C@H](OC)[C@@H](C)C(=O)NC(Cc1ccccc1)C(=O)Nc1ccc(CNC(=O)CCCCCN2C(=O)C=CC2=O)cc1)OC)N(C)C(=O)C(NC(=O)[C@@H]1[C@H]2CC[C@H](C2)N1C(C)=O)C(C)C. The molecule has 78 heavy (non-hydrogen) atoms. The lowest BCUT2D eigenvalue weighted by molar-refractivity contribution is -0.148. The average Bonchev–Trinajstić information content (AvgIpc) is 4.38. The van der Waals surface area contributed by atoms with E-state index in [1.165, 1.54) is 38.2 Å². The second-order valence-electron chi connectivity index (χ2n) is 22.1. The molecule has 3 aliphatic heterocycles. The number of likely N-dealkylation sites (tertiary alicyclic amines) is 2. The van der Waals surface area contributed by atoms with E-state index in [4.69, 9.17) is 9.47 Å². The zero-order valence-electron chi connectivity index (χ0n) is 47.2. The number of hydrogen-bond donors (Lipinski definition) is 4. The third-order valence-electron chi connectivity index (χ3n) is 16.5. The van der Waals surface area contributed by atoms with Gasteiger partial charge in [0, 0.05) is 84.5 Å². The predicted octanol–water partition coefficient (Wildman–Crippen LogP) is 4.91. The number of carbonyl (C=O) groups is 9. The predicted molar refractivity (Wildman–Crippen MR) is 294 cm³/mol. The summed E-state index contributed by atoms with van der Waals surface area (Å²) in [6.45, 7) is 12.0. The van der Waals surface area contributed by atoms with Crippen LogP contribution in [0.15, 0.2) is 66.7 Å². The van der Waals surface area contributed by atoms with Crippen LogP contribution in [0, 0.1) is 23.7 Å². The topological polar surface area (TPSA) is 233 Å². The van der Waals surface area contributed by atoms with Crippen LogP contribution in [0.5, 0.6) is 0 Å². The number of unbranched alkanes of at least 4 members (excludes halogenated alkanes) is 2. The van der Waals surface area contributed by atoms with Crippen LogP contribution in [0.3, 0.4) is 0 Å². The molecule has 19 nitrogen and oxygen atoms in total. The number of amides is 9. The van der Waals surface area contributed by atoms with Crippen LogP contribution in [-0.4, -0.2) is 156 Å². The van der Waals surface area contributed by atoms with Crippen molar-refractivity contribution in [1.29, 1.82) is 0 Å². The van der Waals surface area contributed by atoms with E-state index in [0.29, 0.717) is 63.7 Å². The molecule has 4 N–H and O–H groups in total.